The first-order valence-electron chi connectivity index (χ1n) is 9.81. The van der Waals surface area contributed by atoms with E-state index in [4.69, 9.17) is 23.2 Å². The van der Waals surface area contributed by atoms with E-state index in [1.165, 1.54) is 16.8 Å². The van der Waals surface area contributed by atoms with Gasteiger partial charge in [0.2, 0.25) is 5.82 Å². The lowest BCUT2D eigenvalue weighted by Crippen LogP contribution is -2.40. The Balaban J connectivity index is 1.42. The van der Waals surface area contributed by atoms with Crippen LogP contribution in [0.25, 0.3) is 5.69 Å². The largest absolute Gasteiger partial charge is 0.336 e. The summed E-state index contributed by atoms with van der Waals surface area (Å²) in [5.41, 5.74) is 1.14. The lowest BCUT2D eigenvalue weighted by atomic mass is 9.89. The van der Waals surface area contributed by atoms with E-state index in [0.29, 0.717) is 53.1 Å². The molecule has 160 valence electrons. The predicted molar refractivity (Wildman–Crippen MR) is 115 cm³/mol. The lowest BCUT2D eigenvalue weighted by molar-refractivity contribution is 0.0640. The second-order valence-corrected chi connectivity index (χ2v) is 8.24. The molecule has 0 saturated carbocycles. The molecule has 4 rings (SSSR count). The van der Waals surface area contributed by atoms with E-state index in [1.54, 1.807) is 42.2 Å². The van der Waals surface area contributed by atoms with E-state index >= 15 is 0 Å². The van der Waals surface area contributed by atoms with Crippen LogP contribution in [0.4, 0.5) is 4.39 Å². The zero-order valence-corrected chi connectivity index (χ0v) is 18.2. The fourth-order valence-corrected chi connectivity index (χ4v) is 3.98. The van der Waals surface area contributed by atoms with Crippen molar-refractivity contribution in [1.29, 1.82) is 0 Å². The minimum Gasteiger partial charge on any atom is -0.336 e. The van der Waals surface area contributed by atoms with Crippen LogP contribution >= 0.6 is 23.2 Å². The molecule has 3 aromatic rings. The Hall–Kier alpha value is -2.77. The summed E-state index contributed by atoms with van der Waals surface area (Å²) in [6, 6.07) is 10.7. The van der Waals surface area contributed by atoms with Crippen LogP contribution in [-0.2, 0) is 0 Å². The van der Waals surface area contributed by atoms with Crippen molar-refractivity contribution in [2.24, 2.45) is 5.92 Å². The smallest absolute Gasteiger partial charge is 0.293 e. The van der Waals surface area contributed by atoms with Gasteiger partial charge < -0.3 is 4.90 Å². The molecule has 6 nitrogen and oxygen atoms in total. The number of hydrogen-bond donors (Lipinski definition) is 0. The van der Waals surface area contributed by atoms with Crippen molar-refractivity contribution in [1.82, 2.24) is 19.7 Å². The van der Waals surface area contributed by atoms with Crippen molar-refractivity contribution in [2.45, 2.75) is 19.8 Å². The molecule has 1 fully saturated rings. The van der Waals surface area contributed by atoms with Gasteiger partial charge in [0, 0.05) is 24.6 Å². The highest BCUT2D eigenvalue weighted by molar-refractivity contribution is 6.42. The van der Waals surface area contributed by atoms with E-state index in [9.17, 15) is 14.0 Å². The molecule has 1 aliphatic rings. The number of piperidine rings is 1. The summed E-state index contributed by atoms with van der Waals surface area (Å²) >= 11 is 11.9. The average Bonchev–Trinajstić information content (AvgIpc) is 3.17. The average molecular weight is 461 g/mol. The van der Waals surface area contributed by atoms with Crippen LogP contribution in [0.1, 0.15) is 39.6 Å². The summed E-state index contributed by atoms with van der Waals surface area (Å²) < 4.78 is 14.7. The van der Waals surface area contributed by atoms with Crippen LogP contribution in [0.15, 0.2) is 42.5 Å². The summed E-state index contributed by atoms with van der Waals surface area (Å²) in [6.07, 6.45) is 1.09. The van der Waals surface area contributed by atoms with Gasteiger partial charge in [0.15, 0.2) is 5.78 Å². The Labute approximate surface area is 188 Å². The first-order chi connectivity index (χ1) is 14.8. The number of aromatic nitrogens is 3. The summed E-state index contributed by atoms with van der Waals surface area (Å²) in [4.78, 5) is 31.6. The molecular weight excluding hydrogens is 442 g/mol. The van der Waals surface area contributed by atoms with Gasteiger partial charge in [0.1, 0.15) is 11.6 Å². The van der Waals surface area contributed by atoms with E-state index in [1.807, 2.05) is 0 Å². The van der Waals surface area contributed by atoms with Crippen molar-refractivity contribution >= 4 is 34.9 Å². The van der Waals surface area contributed by atoms with Crippen LogP contribution in [0.3, 0.4) is 0 Å². The second-order valence-electron chi connectivity index (χ2n) is 7.43. The van der Waals surface area contributed by atoms with E-state index in [-0.39, 0.29) is 29.2 Å². The normalized spacial score (nSPS) is 14.6. The van der Waals surface area contributed by atoms with E-state index in [2.05, 4.69) is 10.1 Å². The minimum absolute atomic E-state index is 0.000206. The number of likely N-dealkylation sites (tertiary alicyclic amines) is 1. The fourth-order valence-electron chi connectivity index (χ4n) is 3.68. The number of amides is 1. The molecule has 9 heteroatoms. The number of benzene rings is 2. The topological polar surface area (TPSA) is 68.1 Å². The maximum absolute atomic E-state index is 13.2. The van der Waals surface area contributed by atoms with Gasteiger partial charge in [0.05, 0.1) is 15.7 Å². The Morgan fingerprint density at radius 3 is 2.35 bits per heavy atom. The number of nitrogens with zero attached hydrogens (tertiary/aromatic N) is 4. The molecule has 0 atom stereocenters. The van der Waals surface area contributed by atoms with Crippen LogP contribution in [0.2, 0.25) is 10.0 Å². The van der Waals surface area contributed by atoms with Crippen molar-refractivity contribution < 1.29 is 14.0 Å². The summed E-state index contributed by atoms with van der Waals surface area (Å²) in [5, 5.41) is 5.05. The molecule has 2 heterocycles. The number of aryl methyl sites for hydroxylation is 1. The quantitative estimate of drug-likeness (QED) is 0.526. The molecule has 1 amide bonds. The van der Waals surface area contributed by atoms with Gasteiger partial charge in [-0.15, -0.1) is 5.10 Å². The molecule has 1 saturated heterocycles. The van der Waals surface area contributed by atoms with Crippen molar-refractivity contribution in [3.63, 3.8) is 0 Å². The monoisotopic (exact) mass is 460 g/mol. The maximum Gasteiger partial charge on any atom is 0.293 e. The molecular formula is C22H19Cl2FN4O2. The third-order valence-corrected chi connectivity index (χ3v) is 6.13. The van der Waals surface area contributed by atoms with E-state index < -0.39 is 0 Å². The lowest BCUT2D eigenvalue weighted by Gasteiger charge is -2.30. The number of carbonyl (C=O) groups is 2. The molecule has 0 N–H and O–H groups in total. The first-order valence-corrected chi connectivity index (χ1v) is 10.6. The van der Waals surface area contributed by atoms with Gasteiger partial charge >= 0.3 is 0 Å². The molecule has 31 heavy (non-hydrogen) atoms. The zero-order valence-electron chi connectivity index (χ0n) is 16.7. The van der Waals surface area contributed by atoms with Crippen LogP contribution in [-0.4, -0.2) is 44.4 Å². The second kappa shape index (κ2) is 8.77. The Morgan fingerprint density at radius 2 is 1.71 bits per heavy atom. The zero-order chi connectivity index (χ0) is 22.1. The van der Waals surface area contributed by atoms with E-state index in [0.717, 1.165) is 0 Å². The maximum atomic E-state index is 13.2. The highest BCUT2D eigenvalue weighted by Crippen LogP contribution is 2.27. The highest BCUT2D eigenvalue weighted by Gasteiger charge is 2.30. The Kier molecular flexibility index (Phi) is 6.07. The van der Waals surface area contributed by atoms with Gasteiger partial charge in [-0.2, -0.15) is 0 Å². The van der Waals surface area contributed by atoms with Crippen molar-refractivity contribution in [2.75, 3.05) is 13.1 Å². The third-order valence-electron chi connectivity index (χ3n) is 5.39. The molecule has 0 spiro atoms. The minimum atomic E-state index is -0.351. The van der Waals surface area contributed by atoms with Crippen LogP contribution in [0.5, 0.6) is 0 Å². The van der Waals surface area contributed by atoms with Crippen LogP contribution < -0.4 is 0 Å². The molecule has 1 aliphatic heterocycles. The number of carbonyl (C=O) groups excluding carboxylic acids is 2. The number of ketones is 1. The Morgan fingerprint density at radius 1 is 1.03 bits per heavy atom. The summed E-state index contributed by atoms with van der Waals surface area (Å²) in [7, 11) is 0. The van der Waals surface area contributed by atoms with Gasteiger partial charge in [0.25, 0.3) is 5.91 Å². The third kappa shape index (κ3) is 4.48. The van der Waals surface area contributed by atoms with Crippen molar-refractivity contribution in [3.8, 4) is 5.69 Å². The fraction of sp³-hybridized carbons (Fsp3) is 0.273. The standard InChI is InChI=1S/C22H19Cl2FN4O2/c1-13-26-21(27-29(13)17-5-3-16(25)4-6-17)22(31)28-10-8-14(9-11-28)20(30)15-2-7-18(23)19(24)12-15/h2-7,12,14H,8-11H2,1H3. The predicted octanol–water partition coefficient (Wildman–Crippen LogP) is 4.76. The van der Waals surface area contributed by atoms with Gasteiger partial charge in [-0.05, 0) is 62.2 Å². The first kappa shape index (κ1) is 21.5. The van der Waals surface area contributed by atoms with Gasteiger partial charge in [-0.1, -0.05) is 23.2 Å². The number of Topliss-reactive ketones (excluding diaryl/α,β-unsaturated/α-hetero) is 1. The SMILES string of the molecule is Cc1nc(C(=O)N2CCC(C(=O)c3ccc(Cl)c(Cl)c3)CC2)nn1-c1ccc(F)cc1. The molecule has 0 radical (unpaired) electrons. The highest BCUT2D eigenvalue weighted by atomic mass is 35.5. The van der Waals surface area contributed by atoms with Crippen molar-refractivity contribution in [3.05, 3.63) is 75.5 Å². The molecule has 0 bridgehead atoms. The summed E-state index contributed by atoms with van der Waals surface area (Å²) in [5.74, 6) is -0.218. The number of rotatable bonds is 4. The molecule has 0 unspecified atom stereocenters. The van der Waals surface area contributed by atoms with Gasteiger partial charge in [-0.3, -0.25) is 9.59 Å². The number of halogens is 3. The van der Waals surface area contributed by atoms with Crippen LogP contribution in [0, 0.1) is 18.7 Å². The molecule has 1 aromatic heterocycles. The Bertz CT molecular complexity index is 1140. The summed E-state index contributed by atoms with van der Waals surface area (Å²) in [6.45, 7) is 2.59. The van der Waals surface area contributed by atoms with Gasteiger partial charge in [-0.25, -0.2) is 14.1 Å². The number of hydrogen-bond acceptors (Lipinski definition) is 4. The molecule has 0 aliphatic carbocycles. The molecule has 2 aromatic carbocycles.